The van der Waals surface area contributed by atoms with Crippen LogP contribution < -0.4 is 5.06 Å². The van der Waals surface area contributed by atoms with Crippen molar-refractivity contribution in [3.8, 4) is 0 Å². The van der Waals surface area contributed by atoms with Crippen LogP contribution >= 0.6 is 0 Å². The highest BCUT2D eigenvalue weighted by atomic mass is 32.2. The summed E-state index contributed by atoms with van der Waals surface area (Å²) in [5, 5.41) is 1.10. The molecule has 0 radical (unpaired) electrons. The molecule has 14 heavy (non-hydrogen) atoms. The lowest BCUT2D eigenvalue weighted by Crippen LogP contribution is -2.16. The number of carbonyl (C=O) groups excluding carboxylic acids is 1. The molecule has 0 spiro atoms. The van der Waals surface area contributed by atoms with Gasteiger partial charge in [0, 0.05) is 12.6 Å². The van der Waals surface area contributed by atoms with Crippen LogP contribution in [0.1, 0.15) is 10.4 Å². The molecule has 0 aliphatic rings. The molecule has 0 aromatic heterocycles. The fourth-order valence-corrected chi connectivity index (χ4v) is 1.20. The third kappa shape index (κ3) is 2.82. The molecular formula is C8H9NO4S. The van der Waals surface area contributed by atoms with Crippen molar-refractivity contribution in [3.63, 3.8) is 0 Å². The van der Waals surface area contributed by atoms with Gasteiger partial charge in [-0.1, -0.05) is 0 Å². The van der Waals surface area contributed by atoms with Crippen LogP contribution in [0.4, 0.5) is 5.69 Å². The van der Waals surface area contributed by atoms with E-state index in [2.05, 4.69) is 4.28 Å². The zero-order valence-electron chi connectivity index (χ0n) is 7.41. The maximum atomic E-state index is 10.3. The van der Waals surface area contributed by atoms with Gasteiger partial charge in [0.25, 0.3) is 11.0 Å². The average molecular weight is 215 g/mol. The minimum absolute atomic E-state index is 0.522. The third-order valence-corrected chi connectivity index (χ3v) is 1.96. The van der Waals surface area contributed by atoms with E-state index in [9.17, 15) is 13.2 Å². The normalized spacial score (nSPS) is 10.1. The van der Waals surface area contributed by atoms with Crippen molar-refractivity contribution in [3.05, 3.63) is 29.8 Å². The molecule has 0 unspecified atom stereocenters. The predicted molar refractivity (Wildman–Crippen MR) is 51.6 cm³/mol. The van der Waals surface area contributed by atoms with E-state index in [0.717, 1.165) is 5.06 Å². The average Bonchev–Trinajstić information content (AvgIpc) is 2.17. The Morgan fingerprint density at radius 2 is 1.86 bits per heavy atom. The van der Waals surface area contributed by atoms with Crippen LogP contribution in [-0.2, 0) is 15.3 Å². The van der Waals surface area contributed by atoms with E-state index < -0.39 is 11.0 Å². The summed E-state index contributed by atoms with van der Waals surface area (Å²) in [7, 11) is -1.46. The quantitative estimate of drug-likeness (QED) is 0.447. The van der Waals surface area contributed by atoms with Crippen LogP contribution in [0.2, 0.25) is 0 Å². The minimum Gasteiger partial charge on any atom is -0.298 e. The van der Waals surface area contributed by atoms with Crippen LogP contribution in [0.15, 0.2) is 24.3 Å². The third-order valence-electron chi connectivity index (χ3n) is 1.58. The first-order valence-electron chi connectivity index (χ1n) is 3.75. The summed E-state index contributed by atoms with van der Waals surface area (Å²) < 4.78 is 24.9. The van der Waals surface area contributed by atoms with Gasteiger partial charge in [0.15, 0.2) is 0 Å². The Kier molecular flexibility index (Phi) is 3.61. The first kappa shape index (κ1) is 10.7. The van der Waals surface area contributed by atoms with Gasteiger partial charge in [-0.15, -0.1) is 0 Å². The first-order valence-corrected chi connectivity index (χ1v) is 4.84. The van der Waals surface area contributed by atoms with Crippen molar-refractivity contribution < 1.29 is 17.5 Å². The van der Waals surface area contributed by atoms with Gasteiger partial charge in [0.1, 0.15) is 6.29 Å². The highest BCUT2D eigenvalue weighted by Gasteiger charge is 2.01. The van der Waals surface area contributed by atoms with E-state index in [1.807, 2.05) is 0 Å². The van der Waals surface area contributed by atoms with Crippen molar-refractivity contribution in [1.82, 2.24) is 0 Å². The van der Waals surface area contributed by atoms with Gasteiger partial charge in [0.2, 0.25) is 0 Å². The van der Waals surface area contributed by atoms with Crippen molar-refractivity contribution in [2.75, 3.05) is 12.1 Å². The smallest absolute Gasteiger partial charge is 0.277 e. The maximum absolute atomic E-state index is 10.3. The van der Waals surface area contributed by atoms with Crippen LogP contribution in [0, 0.1) is 0 Å². The second-order valence-corrected chi connectivity index (χ2v) is 3.12. The Hall–Kier alpha value is -1.40. The van der Waals surface area contributed by atoms with Gasteiger partial charge >= 0.3 is 0 Å². The van der Waals surface area contributed by atoms with Gasteiger partial charge in [-0.05, 0) is 24.3 Å². The Morgan fingerprint density at radius 1 is 1.29 bits per heavy atom. The summed E-state index contributed by atoms with van der Waals surface area (Å²) in [6, 6.07) is 6.31. The molecule has 0 saturated carbocycles. The highest BCUT2D eigenvalue weighted by molar-refractivity contribution is 7.67. The zero-order chi connectivity index (χ0) is 10.6. The number of thiol groups is 1. The van der Waals surface area contributed by atoms with Gasteiger partial charge in [0.05, 0.1) is 5.69 Å². The Balaban J connectivity index is 2.80. The Morgan fingerprint density at radius 3 is 2.29 bits per heavy atom. The molecule has 1 rings (SSSR count). The number of rotatable bonds is 4. The van der Waals surface area contributed by atoms with Crippen LogP contribution in [0.3, 0.4) is 0 Å². The largest absolute Gasteiger partial charge is 0.298 e. The molecule has 0 amide bonds. The van der Waals surface area contributed by atoms with Crippen molar-refractivity contribution in [1.29, 1.82) is 0 Å². The number of nitrogens with zero attached hydrogens (tertiary/aromatic N) is 1. The molecule has 0 fully saturated rings. The number of aldehydes is 1. The topological polar surface area (TPSA) is 63.7 Å². The van der Waals surface area contributed by atoms with E-state index in [4.69, 9.17) is 0 Å². The molecule has 0 aliphatic carbocycles. The number of carbonyl (C=O) groups is 1. The van der Waals surface area contributed by atoms with Gasteiger partial charge in [-0.2, -0.15) is 4.28 Å². The molecule has 0 aliphatic heterocycles. The number of benzene rings is 1. The van der Waals surface area contributed by atoms with Gasteiger partial charge in [-0.25, -0.2) is 13.5 Å². The number of hydroxylamine groups is 1. The summed E-state index contributed by atoms with van der Waals surface area (Å²) in [6.45, 7) is 0. The van der Waals surface area contributed by atoms with Crippen molar-refractivity contribution in [2.45, 2.75) is 0 Å². The molecule has 0 N–H and O–H groups in total. The SMILES string of the molecule is CN(O[SH](=O)=O)c1ccc(C=O)cc1. The van der Waals surface area contributed by atoms with E-state index >= 15 is 0 Å². The zero-order valence-corrected chi connectivity index (χ0v) is 8.31. The summed E-state index contributed by atoms with van der Waals surface area (Å²) in [5.74, 6) is 0. The number of hydrogen-bond acceptors (Lipinski definition) is 5. The predicted octanol–water partition coefficient (Wildman–Crippen LogP) is 0.393. The summed E-state index contributed by atoms with van der Waals surface area (Å²) >= 11 is 0. The number of anilines is 1. The minimum atomic E-state index is -2.92. The summed E-state index contributed by atoms with van der Waals surface area (Å²) in [5.41, 5.74) is 1.07. The van der Waals surface area contributed by atoms with E-state index in [1.54, 1.807) is 24.3 Å². The molecule has 0 heterocycles. The molecule has 0 atom stereocenters. The van der Waals surface area contributed by atoms with E-state index in [-0.39, 0.29) is 0 Å². The number of hydrogen-bond donors (Lipinski definition) is 1. The molecule has 0 saturated heterocycles. The summed E-state index contributed by atoms with van der Waals surface area (Å²) in [4.78, 5) is 10.3. The highest BCUT2D eigenvalue weighted by Crippen LogP contribution is 2.12. The fraction of sp³-hybridized carbons (Fsp3) is 0.125. The van der Waals surface area contributed by atoms with Crippen LogP contribution in [0.25, 0.3) is 0 Å². The van der Waals surface area contributed by atoms with Gasteiger partial charge in [-0.3, -0.25) is 4.79 Å². The van der Waals surface area contributed by atoms with Crippen LogP contribution in [0.5, 0.6) is 0 Å². The lowest BCUT2D eigenvalue weighted by Gasteiger charge is -2.13. The van der Waals surface area contributed by atoms with Crippen molar-refractivity contribution >= 4 is 23.0 Å². The summed E-state index contributed by atoms with van der Waals surface area (Å²) in [6.07, 6.45) is 0.707. The lowest BCUT2D eigenvalue weighted by molar-refractivity contribution is 0.112. The molecular weight excluding hydrogens is 206 g/mol. The van der Waals surface area contributed by atoms with Crippen LogP contribution in [-0.4, -0.2) is 21.8 Å². The fourth-order valence-electron chi connectivity index (χ4n) is 0.910. The Labute approximate surface area is 83.0 Å². The van der Waals surface area contributed by atoms with Gasteiger partial charge < -0.3 is 0 Å². The molecule has 1 aromatic carbocycles. The molecule has 0 bridgehead atoms. The van der Waals surface area contributed by atoms with Crippen molar-refractivity contribution in [2.24, 2.45) is 0 Å². The second-order valence-electron chi connectivity index (χ2n) is 2.51. The first-order chi connectivity index (χ1) is 6.63. The lowest BCUT2D eigenvalue weighted by atomic mass is 10.2. The molecule has 6 heteroatoms. The Bertz CT molecular complexity index is 377. The van der Waals surface area contributed by atoms with E-state index in [1.165, 1.54) is 7.05 Å². The van der Waals surface area contributed by atoms with E-state index in [0.29, 0.717) is 17.5 Å². The second kappa shape index (κ2) is 4.73. The standard InChI is InChI=1S/C8H9NO4S/c1-9(13-14(11)12)8-4-2-7(6-10)3-5-8/h2-6,14H,1H3. The molecule has 76 valence electrons. The maximum Gasteiger partial charge on any atom is 0.277 e. The molecule has 5 nitrogen and oxygen atoms in total. The molecule has 1 aromatic rings. The monoisotopic (exact) mass is 215 g/mol.